The van der Waals surface area contributed by atoms with E-state index in [-0.39, 0.29) is 18.6 Å². The highest BCUT2D eigenvalue weighted by molar-refractivity contribution is 5.91. The van der Waals surface area contributed by atoms with Crippen molar-refractivity contribution in [1.29, 1.82) is 0 Å². The number of anilines is 1. The summed E-state index contributed by atoms with van der Waals surface area (Å²) in [6.07, 6.45) is 2.15. The van der Waals surface area contributed by atoms with Gasteiger partial charge in [-0.3, -0.25) is 0 Å². The molecule has 1 aromatic carbocycles. The van der Waals surface area contributed by atoms with Crippen LogP contribution in [-0.4, -0.2) is 39.3 Å². The summed E-state index contributed by atoms with van der Waals surface area (Å²) in [6.45, 7) is 0.308. The van der Waals surface area contributed by atoms with E-state index >= 15 is 0 Å². The summed E-state index contributed by atoms with van der Waals surface area (Å²) in [5, 5.41) is 22.9. The van der Waals surface area contributed by atoms with E-state index in [0.717, 1.165) is 11.3 Å². The quantitative estimate of drug-likeness (QED) is 0.636. The fourth-order valence-corrected chi connectivity index (χ4v) is 2.45. The van der Waals surface area contributed by atoms with Crippen LogP contribution in [0.2, 0.25) is 0 Å². The highest BCUT2D eigenvalue weighted by atomic mass is 16.3. The maximum absolute atomic E-state index is 12.0. The van der Waals surface area contributed by atoms with Gasteiger partial charge in [0.25, 0.3) is 0 Å². The van der Waals surface area contributed by atoms with E-state index in [4.69, 9.17) is 4.42 Å². The summed E-state index contributed by atoms with van der Waals surface area (Å²) in [6, 6.07) is 8.70. The molecule has 3 aromatic rings. The van der Waals surface area contributed by atoms with Crippen LogP contribution >= 0.6 is 0 Å². The molecule has 2 heterocycles. The minimum absolute atomic E-state index is 0.0352. The maximum atomic E-state index is 12.0. The van der Waals surface area contributed by atoms with Crippen molar-refractivity contribution < 1.29 is 14.3 Å². The van der Waals surface area contributed by atoms with Gasteiger partial charge in [0, 0.05) is 38.2 Å². The van der Waals surface area contributed by atoms with Crippen molar-refractivity contribution >= 4 is 22.8 Å². The van der Waals surface area contributed by atoms with Crippen LogP contribution in [0.15, 0.2) is 41.0 Å². The Kier molecular flexibility index (Phi) is 4.76. The number of aliphatic hydroxyl groups is 1. The Morgan fingerprint density at radius 2 is 2.29 bits per heavy atom. The number of fused-ring (bicyclic) bond motifs is 1. The van der Waals surface area contributed by atoms with Gasteiger partial charge in [-0.05, 0) is 30.3 Å². The third kappa shape index (κ3) is 3.72. The lowest BCUT2D eigenvalue weighted by atomic mass is 10.1. The van der Waals surface area contributed by atoms with E-state index in [9.17, 15) is 9.90 Å². The van der Waals surface area contributed by atoms with Crippen LogP contribution < -0.4 is 10.6 Å². The molecule has 3 N–H and O–H groups in total. The zero-order chi connectivity index (χ0) is 16.9. The Bertz CT molecular complexity index is 812. The molecule has 0 fully saturated rings. The predicted molar refractivity (Wildman–Crippen MR) is 88.5 cm³/mol. The highest BCUT2D eigenvalue weighted by Crippen LogP contribution is 2.16. The minimum Gasteiger partial charge on any atom is -0.469 e. The van der Waals surface area contributed by atoms with Crippen molar-refractivity contribution in [3.63, 3.8) is 0 Å². The van der Waals surface area contributed by atoms with Crippen molar-refractivity contribution in [2.75, 3.05) is 18.5 Å². The molecule has 0 aliphatic rings. The number of furan rings is 1. The normalized spacial score (nSPS) is 12.2. The van der Waals surface area contributed by atoms with Gasteiger partial charge in [0.05, 0.1) is 11.8 Å². The Balaban J connectivity index is 1.54. The Hall–Kier alpha value is -2.87. The fourth-order valence-electron chi connectivity index (χ4n) is 2.45. The predicted octanol–water partition coefficient (Wildman–Crippen LogP) is 1.53. The lowest BCUT2D eigenvalue weighted by Crippen LogP contribution is -2.34. The maximum Gasteiger partial charge on any atom is 0.319 e. The van der Waals surface area contributed by atoms with Gasteiger partial charge in [0.1, 0.15) is 11.3 Å². The van der Waals surface area contributed by atoms with Crippen molar-refractivity contribution in [1.82, 2.24) is 20.3 Å². The molecule has 126 valence electrons. The van der Waals surface area contributed by atoms with Crippen molar-refractivity contribution in [3.05, 3.63) is 42.4 Å². The lowest BCUT2D eigenvalue weighted by Gasteiger charge is -2.14. The van der Waals surface area contributed by atoms with Crippen molar-refractivity contribution in [3.8, 4) is 0 Å². The number of carbonyl (C=O) groups excluding carboxylic acids is 1. The van der Waals surface area contributed by atoms with Crippen LogP contribution in [0.4, 0.5) is 10.5 Å². The molecule has 0 aliphatic carbocycles. The standard InChI is InChI=1S/C16H19N5O3/c1-21-15-5-4-12(8-14(15)19-20-21)18-16(23)17-9-11(10-22)7-13-3-2-6-24-13/h2-6,8,11,22H,7,9-10H2,1H3,(H2,17,18,23). The monoisotopic (exact) mass is 329 g/mol. The fraction of sp³-hybridized carbons (Fsp3) is 0.312. The number of aliphatic hydroxyl groups excluding tert-OH is 1. The van der Waals surface area contributed by atoms with Gasteiger partial charge in [-0.2, -0.15) is 0 Å². The molecular weight excluding hydrogens is 310 g/mol. The molecule has 0 saturated heterocycles. The van der Waals surface area contributed by atoms with Gasteiger partial charge >= 0.3 is 6.03 Å². The van der Waals surface area contributed by atoms with E-state index in [1.54, 1.807) is 29.1 Å². The molecule has 8 heteroatoms. The van der Waals surface area contributed by atoms with Gasteiger partial charge in [-0.25, -0.2) is 9.48 Å². The second-order valence-electron chi connectivity index (χ2n) is 5.58. The number of nitrogens with one attached hydrogen (secondary N) is 2. The molecule has 2 aromatic heterocycles. The SMILES string of the molecule is Cn1nnc2cc(NC(=O)NCC(CO)Cc3ccco3)ccc21. The van der Waals surface area contributed by atoms with Crippen LogP contribution in [0.5, 0.6) is 0 Å². The van der Waals surface area contributed by atoms with Crippen LogP contribution in [0.3, 0.4) is 0 Å². The molecule has 0 saturated carbocycles. The minimum atomic E-state index is -0.337. The molecular formula is C16H19N5O3. The molecule has 3 rings (SSSR count). The van der Waals surface area contributed by atoms with Gasteiger partial charge in [-0.15, -0.1) is 5.10 Å². The molecule has 1 unspecified atom stereocenters. The van der Waals surface area contributed by atoms with E-state index in [1.807, 2.05) is 19.2 Å². The number of urea groups is 1. The number of hydrogen-bond donors (Lipinski definition) is 3. The third-order valence-corrected chi connectivity index (χ3v) is 3.75. The van der Waals surface area contributed by atoms with Crippen molar-refractivity contribution in [2.45, 2.75) is 6.42 Å². The van der Waals surface area contributed by atoms with Crippen LogP contribution in [-0.2, 0) is 13.5 Å². The summed E-state index contributed by atoms with van der Waals surface area (Å²) >= 11 is 0. The number of aryl methyl sites for hydroxylation is 1. The van der Waals surface area contributed by atoms with Crippen LogP contribution in [0.1, 0.15) is 5.76 Å². The van der Waals surface area contributed by atoms with Gasteiger partial charge in [0.15, 0.2) is 0 Å². The smallest absolute Gasteiger partial charge is 0.319 e. The number of carbonyl (C=O) groups is 1. The lowest BCUT2D eigenvalue weighted by molar-refractivity contribution is 0.213. The summed E-state index contributed by atoms with van der Waals surface area (Å²) in [7, 11) is 1.81. The zero-order valence-electron chi connectivity index (χ0n) is 13.3. The first-order valence-electron chi connectivity index (χ1n) is 7.63. The molecule has 24 heavy (non-hydrogen) atoms. The van der Waals surface area contributed by atoms with Gasteiger partial charge in [0.2, 0.25) is 0 Å². The molecule has 0 radical (unpaired) electrons. The number of amides is 2. The second-order valence-corrected chi connectivity index (χ2v) is 5.58. The molecule has 0 bridgehead atoms. The van der Waals surface area contributed by atoms with E-state index < -0.39 is 0 Å². The van der Waals surface area contributed by atoms with Gasteiger partial charge in [-0.1, -0.05) is 5.21 Å². The van der Waals surface area contributed by atoms with Crippen molar-refractivity contribution in [2.24, 2.45) is 13.0 Å². The molecule has 0 aliphatic heterocycles. The number of benzene rings is 1. The summed E-state index contributed by atoms with van der Waals surface area (Å²) in [5.74, 6) is 0.675. The number of hydrogen-bond acceptors (Lipinski definition) is 5. The zero-order valence-corrected chi connectivity index (χ0v) is 13.3. The van der Waals surface area contributed by atoms with Gasteiger partial charge < -0.3 is 20.2 Å². The average molecular weight is 329 g/mol. The number of nitrogens with zero attached hydrogens (tertiary/aromatic N) is 3. The Labute approximate surface area is 138 Å². The summed E-state index contributed by atoms with van der Waals surface area (Å²) in [5.41, 5.74) is 2.23. The molecule has 8 nitrogen and oxygen atoms in total. The number of aromatic nitrogens is 3. The van der Waals surface area contributed by atoms with E-state index in [2.05, 4.69) is 20.9 Å². The number of rotatable bonds is 6. The van der Waals surface area contributed by atoms with Crippen LogP contribution in [0.25, 0.3) is 11.0 Å². The third-order valence-electron chi connectivity index (χ3n) is 3.75. The van der Waals surface area contributed by atoms with Crippen LogP contribution in [0, 0.1) is 5.92 Å². The van der Waals surface area contributed by atoms with E-state index in [0.29, 0.717) is 24.2 Å². The topological polar surface area (TPSA) is 105 Å². The summed E-state index contributed by atoms with van der Waals surface area (Å²) in [4.78, 5) is 12.0. The molecule has 0 spiro atoms. The molecule has 1 atom stereocenters. The highest BCUT2D eigenvalue weighted by Gasteiger charge is 2.12. The summed E-state index contributed by atoms with van der Waals surface area (Å²) < 4.78 is 6.92. The average Bonchev–Trinajstić information content (AvgIpc) is 3.21. The largest absolute Gasteiger partial charge is 0.469 e. The van der Waals surface area contributed by atoms with E-state index in [1.165, 1.54) is 0 Å². The first-order chi connectivity index (χ1) is 11.7. The Morgan fingerprint density at radius 1 is 1.42 bits per heavy atom. The molecule has 2 amide bonds. The first-order valence-corrected chi connectivity index (χ1v) is 7.63. The second kappa shape index (κ2) is 7.14. The Morgan fingerprint density at radius 3 is 3.04 bits per heavy atom. The first kappa shape index (κ1) is 16.0.